The molecule has 1 saturated carbocycles. The summed E-state index contributed by atoms with van der Waals surface area (Å²) in [5.41, 5.74) is 0.183. The lowest BCUT2D eigenvalue weighted by atomic mass is 10.0. The lowest BCUT2D eigenvalue weighted by molar-refractivity contribution is -0.132. The predicted octanol–water partition coefficient (Wildman–Crippen LogP) is 2.03. The smallest absolute Gasteiger partial charge is 0.335 e. The minimum Gasteiger partial charge on any atom is -0.478 e. The Morgan fingerprint density at radius 3 is 2.46 bits per heavy atom. The van der Waals surface area contributed by atoms with Crippen LogP contribution >= 0.6 is 0 Å². The van der Waals surface area contributed by atoms with Crippen LogP contribution in [0.5, 0.6) is 0 Å². The molecule has 1 aliphatic carbocycles. The Kier molecular flexibility index (Phi) is 5.85. The number of carbonyl (C=O) groups excluding carboxylic acids is 2. The number of nitrogens with zero attached hydrogens (tertiary/aromatic N) is 3. The Bertz CT molecular complexity index is 685. The van der Waals surface area contributed by atoms with E-state index in [4.69, 9.17) is 5.11 Å². The largest absolute Gasteiger partial charge is 0.478 e. The summed E-state index contributed by atoms with van der Waals surface area (Å²) in [6.07, 6.45) is 7.43. The Hall–Kier alpha value is -2.44. The molecule has 0 bridgehead atoms. The van der Waals surface area contributed by atoms with E-state index in [9.17, 15) is 14.4 Å². The maximum Gasteiger partial charge on any atom is 0.335 e. The molecule has 1 aromatic heterocycles. The summed E-state index contributed by atoms with van der Waals surface area (Å²) in [6.45, 7) is 2.19. The number of carboxylic acid groups (broad SMARTS) is 1. The van der Waals surface area contributed by atoms with Crippen molar-refractivity contribution in [1.82, 2.24) is 14.8 Å². The zero-order valence-electron chi connectivity index (χ0n) is 14.9. The van der Waals surface area contributed by atoms with Crippen molar-refractivity contribution >= 4 is 17.8 Å². The number of aromatic carboxylic acids is 1. The molecule has 1 N–H and O–H groups in total. The number of hydrogen-bond donors (Lipinski definition) is 1. The first-order valence-corrected chi connectivity index (χ1v) is 9.31. The first kappa shape index (κ1) is 18.4. The number of rotatable bonds is 4. The molecule has 7 nitrogen and oxygen atoms in total. The van der Waals surface area contributed by atoms with Gasteiger partial charge in [0.25, 0.3) is 5.91 Å². The third-order valence-electron chi connectivity index (χ3n) is 5.30. The summed E-state index contributed by atoms with van der Waals surface area (Å²) < 4.78 is 0. The Balaban J connectivity index is 1.59. The molecule has 1 aromatic rings. The van der Waals surface area contributed by atoms with Crippen molar-refractivity contribution < 1.29 is 19.5 Å². The molecule has 2 heterocycles. The summed E-state index contributed by atoms with van der Waals surface area (Å²) >= 11 is 0. The van der Waals surface area contributed by atoms with Crippen LogP contribution in [0.1, 0.15) is 59.4 Å². The van der Waals surface area contributed by atoms with E-state index < -0.39 is 5.97 Å². The molecule has 0 unspecified atom stereocenters. The second-order valence-electron chi connectivity index (χ2n) is 7.12. The molecule has 2 amide bonds. The molecule has 7 heteroatoms. The Morgan fingerprint density at radius 1 is 1.04 bits per heavy atom. The molecule has 2 aliphatic rings. The van der Waals surface area contributed by atoms with Crippen LogP contribution in [0, 0.1) is 5.92 Å². The van der Waals surface area contributed by atoms with E-state index in [1.54, 1.807) is 4.90 Å². The van der Waals surface area contributed by atoms with Gasteiger partial charge in [0, 0.05) is 38.8 Å². The van der Waals surface area contributed by atoms with Crippen LogP contribution in [0.4, 0.5) is 0 Å². The zero-order chi connectivity index (χ0) is 18.5. The van der Waals surface area contributed by atoms with Crippen LogP contribution in [-0.2, 0) is 4.79 Å². The molecular formula is C19H25N3O4. The number of aromatic nitrogens is 1. The van der Waals surface area contributed by atoms with E-state index >= 15 is 0 Å². The third kappa shape index (κ3) is 4.39. The fraction of sp³-hybridized carbons (Fsp3) is 0.579. The average molecular weight is 359 g/mol. The van der Waals surface area contributed by atoms with Crippen molar-refractivity contribution in [3.8, 4) is 0 Å². The molecule has 3 rings (SSSR count). The van der Waals surface area contributed by atoms with Crippen LogP contribution in [0.15, 0.2) is 18.3 Å². The minimum atomic E-state index is -1.08. The predicted molar refractivity (Wildman–Crippen MR) is 94.9 cm³/mol. The maximum atomic E-state index is 12.6. The van der Waals surface area contributed by atoms with Gasteiger partial charge >= 0.3 is 5.97 Å². The van der Waals surface area contributed by atoms with Crippen LogP contribution in [-0.4, -0.2) is 63.9 Å². The fourth-order valence-corrected chi connectivity index (χ4v) is 3.80. The highest BCUT2D eigenvalue weighted by Gasteiger charge is 2.26. The first-order chi connectivity index (χ1) is 12.5. The average Bonchev–Trinajstić information content (AvgIpc) is 3.02. The number of hydrogen-bond acceptors (Lipinski definition) is 4. The Labute approximate surface area is 153 Å². The van der Waals surface area contributed by atoms with Crippen molar-refractivity contribution in [3.05, 3.63) is 29.6 Å². The van der Waals surface area contributed by atoms with Gasteiger partial charge in [-0.25, -0.2) is 4.79 Å². The molecule has 2 fully saturated rings. The van der Waals surface area contributed by atoms with Crippen LogP contribution < -0.4 is 0 Å². The van der Waals surface area contributed by atoms with E-state index in [1.807, 2.05) is 4.90 Å². The van der Waals surface area contributed by atoms with E-state index in [0.717, 1.165) is 19.3 Å². The van der Waals surface area contributed by atoms with Gasteiger partial charge in [-0.05, 0) is 37.3 Å². The van der Waals surface area contributed by atoms with Crippen molar-refractivity contribution in [1.29, 1.82) is 0 Å². The van der Waals surface area contributed by atoms with Crippen molar-refractivity contribution in [2.45, 2.75) is 38.5 Å². The van der Waals surface area contributed by atoms with Gasteiger partial charge in [0.15, 0.2) is 0 Å². The van der Waals surface area contributed by atoms with Gasteiger partial charge in [-0.3, -0.25) is 14.6 Å². The second-order valence-corrected chi connectivity index (χ2v) is 7.12. The zero-order valence-corrected chi connectivity index (χ0v) is 14.9. The van der Waals surface area contributed by atoms with E-state index in [2.05, 4.69) is 4.98 Å². The standard InChI is InChI=1S/C19H25N3O4/c23-17(12-14-4-1-2-5-14)21-8-3-9-22(11-10-21)18(24)16-13-15(19(25)26)6-7-20-16/h6-7,13-14H,1-5,8-12H2,(H,25,26). The summed E-state index contributed by atoms with van der Waals surface area (Å²) in [7, 11) is 0. The van der Waals surface area contributed by atoms with Gasteiger partial charge in [0.05, 0.1) is 5.56 Å². The van der Waals surface area contributed by atoms with Gasteiger partial charge in [-0.2, -0.15) is 0 Å². The lowest BCUT2D eigenvalue weighted by Crippen LogP contribution is -2.38. The van der Waals surface area contributed by atoms with Gasteiger partial charge in [-0.1, -0.05) is 12.8 Å². The molecule has 0 aromatic carbocycles. The first-order valence-electron chi connectivity index (χ1n) is 9.31. The van der Waals surface area contributed by atoms with Gasteiger partial charge < -0.3 is 14.9 Å². The minimum absolute atomic E-state index is 0.0477. The molecule has 0 spiro atoms. The SMILES string of the molecule is O=C(O)c1ccnc(C(=O)N2CCCN(C(=O)CC3CCCC3)CC2)c1. The van der Waals surface area contributed by atoms with Gasteiger partial charge in [0.1, 0.15) is 5.69 Å². The van der Waals surface area contributed by atoms with Gasteiger partial charge in [0.2, 0.25) is 5.91 Å². The number of carbonyl (C=O) groups is 3. The molecule has 1 saturated heterocycles. The summed E-state index contributed by atoms with van der Waals surface area (Å²) in [5, 5.41) is 9.06. The highest BCUT2D eigenvalue weighted by atomic mass is 16.4. The van der Waals surface area contributed by atoms with E-state index in [0.29, 0.717) is 38.5 Å². The van der Waals surface area contributed by atoms with Crippen molar-refractivity contribution in [2.24, 2.45) is 5.92 Å². The number of carboxylic acids is 1. The van der Waals surface area contributed by atoms with E-state index in [-0.39, 0.29) is 23.1 Å². The van der Waals surface area contributed by atoms with Crippen LogP contribution in [0.25, 0.3) is 0 Å². The van der Waals surface area contributed by atoms with Crippen molar-refractivity contribution in [3.63, 3.8) is 0 Å². The Morgan fingerprint density at radius 2 is 1.73 bits per heavy atom. The number of amides is 2. The summed E-state index contributed by atoms with van der Waals surface area (Å²) in [6, 6.07) is 2.67. The molecular weight excluding hydrogens is 334 g/mol. The second kappa shape index (κ2) is 8.29. The maximum absolute atomic E-state index is 12.6. The van der Waals surface area contributed by atoms with Crippen molar-refractivity contribution in [2.75, 3.05) is 26.2 Å². The number of pyridine rings is 1. The monoisotopic (exact) mass is 359 g/mol. The van der Waals surface area contributed by atoms with Crippen LogP contribution in [0.3, 0.4) is 0 Å². The summed E-state index contributed by atoms with van der Waals surface area (Å²) in [4.78, 5) is 43.8. The van der Waals surface area contributed by atoms with E-state index in [1.165, 1.54) is 31.2 Å². The van der Waals surface area contributed by atoms with Gasteiger partial charge in [-0.15, -0.1) is 0 Å². The third-order valence-corrected chi connectivity index (χ3v) is 5.30. The molecule has 0 atom stereocenters. The highest BCUT2D eigenvalue weighted by Crippen LogP contribution is 2.28. The normalized spacial score (nSPS) is 18.6. The molecule has 0 radical (unpaired) electrons. The highest BCUT2D eigenvalue weighted by molar-refractivity contribution is 5.95. The topological polar surface area (TPSA) is 90.8 Å². The molecule has 1 aliphatic heterocycles. The molecule has 26 heavy (non-hydrogen) atoms. The van der Waals surface area contributed by atoms with Crippen LogP contribution in [0.2, 0.25) is 0 Å². The lowest BCUT2D eigenvalue weighted by Gasteiger charge is -2.23. The molecule has 140 valence electrons. The fourth-order valence-electron chi connectivity index (χ4n) is 3.80. The quantitative estimate of drug-likeness (QED) is 0.888. The summed E-state index contributed by atoms with van der Waals surface area (Å²) in [5.74, 6) is -0.650.